The van der Waals surface area contributed by atoms with E-state index >= 15 is 0 Å². The molecule has 30 heavy (non-hydrogen) atoms. The fraction of sp³-hybridized carbons (Fsp3) is 0.192. The first kappa shape index (κ1) is 21.2. The molecule has 0 aliphatic rings. The van der Waals surface area contributed by atoms with Crippen molar-refractivity contribution < 1.29 is 14.3 Å². The zero-order chi connectivity index (χ0) is 21.2. The van der Waals surface area contributed by atoms with Gasteiger partial charge in [0.15, 0.2) is 0 Å². The number of hydrogen-bond donors (Lipinski definition) is 1. The molecule has 3 aromatic rings. The maximum Gasteiger partial charge on any atom is 0.407 e. The summed E-state index contributed by atoms with van der Waals surface area (Å²) in [5.41, 5.74) is 2.70. The number of carbonyl (C=O) groups is 1. The standard InChI is InChI=1S/C26H27NO3/c1-3-18-26(22-10-6-4-7-11-22,23-12-8-5-9-13-23)20-27-25(28)30-19-21-14-16-24(29-2)17-15-21/h3-17H,1,18-20H2,2H3,(H,27,28). The van der Waals surface area contributed by atoms with Crippen molar-refractivity contribution >= 4 is 6.09 Å². The number of hydrogen-bond acceptors (Lipinski definition) is 3. The zero-order valence-corrected chi connectivity index (χ0v) is 17.2. The van der Waals surface area contributed by atoms with Crippen molar-refractivity contribution in [1.29, 1.82) is 0 Å². The highest BCUT2D eigenvalue weighted by molar-refractivity contribution is 5.67. The summed E-state index contributed by atoms with van der Waals surface area (Å²) in [5.74, 6) is 0.767. The van der Waals surface area contributed by atoms with Crippen LogP contribution >= 0.6 is 0 Å². The van der Waals surface area contributed by atoms with E-state index in [4.69, 9.17) is 9.47 Å². The van der Waals surface area contributed by atoms with E-state index in [1.165, 1.54) is 0 Å². The Morgan fingerprint density at radius 1 is 0.933 bits per heavy atom. The summed E-state index contributed by atoms with van der Waals surface area (Å²) in [7, 11) is 1.62. The highest BCUT2D eigenvalue weighted by Crippen LogP contribution is 2.35. The van der Waals surface area contributed by atoms with Gasteiger partial charge < -0.3 is 14.8 Å². The van der Waals surface area contributed by atoms with E-state index in [1.807, 2.05) is 66.7 Å². The minimum absolute atomic E-state index is 0.195. The van der Waals surface area contributed by atoms with Crippen molar-refractivity contribution in [3.8, 4) is 5.75 Å². The van der Waals surface area contributed by atoms with E-state index < -0.39 is 11.5 Å². The lowest BCUT2D eigenvalue weighted by atomic mass is 9.72. The Balaban J connectivity index is 1.74. The molecule has 0 aliphatic heterocycles. The van der Waals surface area contributed by atoms with Crippen LogP contribution in [0.2, 0.25) is 0 Å². The molecule has 0 saturated carbocycles. The summed E-state index contributed by atoms with van der Waals surface area (Å²) >= 11 is 0. The van der Waals surface area contributed by atoms with Crippen molar-refractivity contribution in [2.45, 2.75) is 18.4 Å². The number of ether oxygens (including phenoxy) is 2. The van der Waals surface area contributed by atoms with E-state index in [1.54, 1.807) is 7.11 Å². The Bertz CT molecular complexity index is 898. The minimum atomic E-state index is -0.453. The van der Waals surface area contributed by atoms with Crippen LogP contribution in [0, 0.1) is 0 Å². The quantitative estimate of drug-likeness (QED) is 0.483. The van der Waals surface area contributed by atoms with Crippen LogP contribution in [-0.4, -0.2) is 19.7 Å². The fourth-order valence-electron chi connectivity index (χ4n) is 3.58. The van der Waals surface area contributed by atoms with E-state index in [0.29, 0.717) is 13.0 Å². The lowest BCUT2D eigenvalue weighted by Crippen LogP contribution is -2.41. The van der Waals surface area contributed by atoms with E-state index in [9.17, 15) is 4.79 Å². The van der Waals surface area contributed by atoms with Gasteiger partial charge in [-0.05, 0) is 35.2 Å². The van der Waals surface area contributed by atoms with Crippen molar-refractivity contribution in [1.82, 2.24) is 5.32 Å². The first-order chi connectivity index (χ1) is 14.7. The summed E-state index contributed by atoms with van der Waals surface area (Å²) in [6.45, 7) is 4.55. The van der Waals surface area contributed by atoms with Crippen LogP contribution < -0.4 is 10.1 Å². The van der Waals surface area contributed by atoms with Gasteiger partial charge in [0.05, 0.1) is 7.11 Å². The maximum atomic E-state index is 12.5. The first-order valence-electron chi connectivity index (χ1n) is 9.93. The summed E-state index contributed by atoms with van der Waals surface area (Å²) in [4.78, 5) is 12.5. The van der Waals surface area contributed by atoms with Gasteiger partial charge in [0, 0.05) is 12.0 Å². The van der Waals surface area contributed by atoms with Gasteiger partial charge >= 0.3 is 6.09 Å². The van der Waals surface area contributed by atoms with Crippen molar-refractivity contribution in [3.05, 3.63) is 114 Å². The molecule has 0 bridgehead atoms. The Morgan fingerprint density at radius 3 is 2.00 bits per heavy atom. The van der Waals surface area contributed by atoms with Gasteiger partial charge in [0.2, 0.25) is 0 Å². The van der Waals surface area contributed by atoms with Crippen LogP contribution in [0.1, 0.15) is 23.1 Å². The van der Waals surface area contributed by atoms with E-state index in [0.717, 1.165) is 22.4 Å². The van der Waals surface area contributed by atoms with Crippen LogP contribution in [0.25, 0.3) is 0 Å². The van der Waals surface area contributed by atoms with Gasteiger partial charge in [0.1, 0.15) is 12.4 Å². The van der Waals surface area contributed by atoms with Crippen LogP contribution in [0.15, 0.2) is 97.6 Å². The largest absolute Gasteiger partial charge is 0.497 e. The molecular weight excluding hydrogens is 374 g/mol. The van der Waals surface area contributed by atoms with Crippen LogP contribution in [0.5, 0.6) is 5.75 Å². The Morgan fingerprint density at radius 2 is 1.50 bits per heavy atom. The average molecular weight is 402 g/mol. The zero-order valence-electron chi connectivity index (χ0n) is 17.2. The van der Waals surface area contributed by atoms with Gasteiger partial charge in [0.25, 0.3) is 0 Å². The van der Waals surface area contributed by atoms with Gasteiger partial charge in [-0.2, -0.15) is 0 Å². The molecule has 0 unspecified atom stereocenters. The normalized spacial score (nSPS) is 10.8. The lowest BCUT2D eigenvalue weighted by molar-refractivity contribution is 0.137. The first-order valence-corrected chi connectivity index (χ1v) is 9.93. The molecular formula is C26H27NO3. The van der Waals surface area contributed by atoms with E-state index in [2.05, 4.69) is 36.2 Å². The third kappa shape index (κ3) is 5.09. The van der Waals surface area contributed by atoms with Crippen molar-refractivity contribution in [3.63, 3.8) is 0 Å². The number of amides is 1. The second-order valence-corrected chi connectivity index (χ2v) is 7.08. The molecule has 3 aromatic carbocycles. The molecule has 1 amide bonds. The van der Waals surface area contributed by atoms with E-state index in [-0.39, 0.29) is 6.61 Å². The smallest absolute Gasteiger partial charge is 0.407 e. The second-order valence-electron chi connectivity index (χ2n) is 7.08. The molecule has 4 nitrogen and oxygen atoms in total. The van der Waals surface area contributed by atoms with Crippen molar-refractivity contribution in [2.75, 3.05) is 13.7 Å². The molecule has 0 spiro atoms. The predicted molar refractivity (Wildman–Crippen MR) is 120 cm³/mol. The topological polar surface area (TPSA) is 47.6 Å². The second kappa shape index (κ2) is 10.3. The molecule has 0 saturated heterocycles. The monoisotopic (exact) mass is 401 g/mol. The number of nitrogens with one attached hydrogen (secondary N) is 1. The summed E-state index contributed by atoms with van der Waals surface area (Å²) in [6, 6.07) is 27.8. The Hall–Kier alpha value is -3.53. The Labute approximate surface area is 178 Å². The number of benzene rings is 3. The highest BCUT2D eigenvalue weighted by Gasteiger charge is 2.33. The van der Waals surface area contributed by atoms with Gasteiger partial charge in [-0.15, -0.1) is 6.58 Å². The molecule has 0 aliphatic carbocycles. The number of alkyl carbamates (subject to hydrolysis) is 1. The number of allylic oxidation sites excluding steroid dienone is 1. The SMILES string of the molecule is C=CCC(CNC(=O)OCc1ccc(OC)cc1)(c1ccccc1)c1ccccc1. The number of methoxy groups -OCH3 is 1. The molecule has 0 aromatic heterocycles. The lowest BCUT2D eigenvalue weighted by Gasteiger charge is -2.34. The Kier molecular flexibility index (Phi) is 7.28. The third-order valence-corrected chi connectivity index (χ3v) is 5.21. The molecule has 0 heterocycles. The van der Waals surface area contributed by atoms with Crippen LogP contribution in [0.4, 0.5) is 4.79 Å². The fourth-order valence-corrected chi connectivity index (χ4v) is 3.58. The van der Waals surface area contributed by atoms with Crippen LogP contribution in [-0.2, 0) is 16.8 Å². The average Bonchev–Trinajstić information content (AvgIpc) is 2.82. The summed E-state index contributed by atoms with van der Waals surface area (Å²) in [5, 5.41) is 2.96. The molecule has 154 valence electrons. The number of carbonyl (C=O) groups excluding carboxylic acids is 1. The summed E-state index contributed by atoms with van der Waals surface area (Å²) in [6.07, 6.45) is 2.12. The van der Waals surface area contributed by atoms with Crippen LogP contribution in [0.3, 0.4) is 0 Å². The van der Waals surface area contributed by atoms with Gasteiger partial charge in [-0.1, -0.05) is 78.9 Å². The minimum Gasteiger partial charge on any atom is -0.497 e. The third-order valence-electron chi connectivity index (χ3n) is 5.21. The molecule has 3 rings (SSSR count). The predicted octanol–water partition coefficient (Wildman–Crippen LogP) is 5.48. The summed E-state index contributed by atoms with van der Waals surface area (Å²) < 4.78 is 10.6. The maximum absolute atomic E-state index is 12.5. The number of rotatable bonds is 9. The van der Waals surface area contributed by atoms with Gasteiger partial charge in [-0.25, -0.2) is 4.79 Å². The highest BCUT2D eigenvalue weighted by atomic mass is 16.5. The van der Waals surface area contributed by atoms with Gasteiger partial charge in [-0.3, -0.25) is 0 Å². The molecule has 0 fully saturated rings. The molecule has 1 N–H and O–H groups in total. The molecule has 4 heteroatoms. The molecule has 0 radical (unpaired) electrons. The molecule has 0 atom stereocenters. The van der Waals surface area contributed by atoms with Crippen molar-refractivity contribution in [2.24, 2.45) is 0 Å².